The number of hydrogen-bond donors (Lipinski definition) is 1. The highest BCUT2D eigenvalue weighted by Gasteiger charge is 2.28. The average molecular weight is 232 g/mol. The molecule has 0 aromatic heterocycles. The molecule has 0 amide bonds. The van der Waals surface area contributed by atoms with Crippen LogP contribution in [-0.2, 0) is 6.42 Å². The Morgan fingerprint density at radius 2 is 2.12 bits per heavy atom. The Hall–Kier alpha value is -1.02. The highest BCUT2D eigenvalue weighted by Crippen LogP contribution is 2.34. The Morgan fingerprint density at radius 1 is 1.24 bits per heavy atom. The Kier molecular flexibility index (Phi) is 3.06. The third-order valence-electron chi connectivity index (χ3n) is 4.07. The SMILES string of the molecule is OC1CCCC(CC2Cc3ccccc3O2)C1. The summed E-state index contributed by atoms with van der Waals surface area (Å²) in [5, 5.41) is 9.69. The van der Waals surface area contributed by atoms with E-state index in [9.17, 15) is 5.11 Å². The van der Waals surface area contributed by atoms with Gasteiger partial charge in [-0.2, -0.15) is 0 Å². The van der Waals surface area contributed by atoms with Crippen molar-refractivity contribution >= 4 is 0 Å². The van der Waals surface area contributed by atoms with E-state index < -0.39 is 0 Å². The number of benzene rings is 1. The zero-order chi connectivity index (χ0) is 11.7. The van der Waals surface area contributed by atoms with E-state index >= 15 is 0 Å². The van der Waals surface area contributed by atoms with E-state index in [1.54, 1.807) is 0 Å². The van der Waals surface area contributed by atoms with Crippen LogP contribution in [0.1, 0.15) is 37.7 Å². The molecule has 17 heavy (non-hydrogen) atoms. The Bertz CT molecular complexity index is 363. The van der Waals surface area contributed by atoms with Crippen LogP contribution in [0.3, 0.4) is 0 Å². The number of fused-ring (bicyclic) bond motifs is 1. The second-order valence-corrected chi connectivity index (χ2v) is 5.47. The molecule has 0 radical (unpaired) electrons. The van der Waals surface area contributed by atoms with Crippen molar-refractivity contribution in [2.24, 2.45) is 5.92 Å². The first kappa shape index (κ1) is 11.1. The van der Waals surface area contributed by atoms with Crippen LogP contribution in [-0.4, -0.2) is 17.3 Å². The van der Waals surface area contributed by atoms with Crippen LogP contribution in [0, 0.1) is 5.92 Å². The maximum absolute atomic E-state index is 9.69. The predicted molar refractivity (Wildman–Crippen MR) is 67.1 cm³/mol. The number of para-hydroxylation sites is 1. The van der Waals surface area contributed by atoms with Gasteiger partial charge < -0.3 is 9.84 Å². The van der Waals surface area contributed by atoms with Crippen LogP contribution in [0.25, 0.3) is 0 Å². The first-order valence-electron chi connectivity index (χ1n) is 6.74. The van der Waals surface area contributed by atoms with E-state index in [4.69, 9.17) is 4.74 Å². The predicted octanol–water partition coefficient (Wildman–Crippen LogP) is 2.93. The molecule has 2 heteroatoms. The first-order chi connectivity index (χ1) is 8.31. The van der Waals surface area contributed by atoms with Crippen LogP contribution in [0.15, 0.2) is 24.3 Å². The van der Waals surface area contributed by atoms with Crippen molar-refractivity contribution < 1.29 is 9.84 Å². The Morgan fingerprint density at radius 3 is 2.94 bits per heavy atom. The van der Waals surface area contributed by atoms with Gasteiger partial charge in [-0.25, -0.2) is 0 Å². The fourth-order valence-corrected chi connectivity index (χ4v) is 3.23. The summed E-state index contributed by atoms with van der Waals surface area (Å²) in [7, 11) is 0. The number of aliphatic hydroxyl groups excluding tert-OH is 1. The molecule has 2 aliphatic rings. The number of hydrogen-bond acceptors (Lipinski definition) is 2. The molecule has 1 heterocycles. The summed E-state index contributed by atoms with van der Waals surface area (Å²) in [6.45, 7) is 0. The maximum atomic E-state index is 9.69. The van der Waals surface area contributed by atoms with Crippen molar-refractivity contribution in [1.29, 1.82) is 0 Å². The van der Waals surface area contributed by atoms with Crippen LogP contribution >= 0.6 is 0 Å². The van der Waals surface area contributed by atoms with E-state index in [0.717, 1.165) is 31.4 Å². The largest absolute Gasteiger partial charge is 0.490 e. The molecule has 1 aromatic rings. The van der Waals surface area contributed by atoms with Crippen molar-refractivity contribution in [3.63, 3.8) is 0 Å². The lowest BCUT2D eigenvalue weighted by molar-refractivity contribution is 0.0816. The highest BCUT2D eigenvalue weighted by molar-refractivity contribution is 5.37. The van der Waals surface area contributed by atoms with Crippen LogP contribution in [0.5, 0.6) is 5.75 Å². The summed E-state index contributed by atoms with van der Waals surface area (Å²) in [6, 6.07) is 8.33. The molecular formula is C15H20O2. The van der Waals surface area contributed by atoms with Gasteiger partial charge in [0.1, 0.15) is 11.9 Å². The summed E-state index contributed by atoms with van der Waals surface area (Å²) in [5.41, 5.74) is 1.34. The zero-order valence-corrected chi connectivity index (χ0v) is 10.1. The molecule has 1 aliphatic heterocycles. The third-order valence-corrected chi connectivity index (χ3v) is 4.07. The summed E-state index contributed by atoms with van der Waals surface area (Å²) >= 11 is 0. The average Bonchev–Trinajstić information content (AvgIpc) is 2.71. The van der Waals surface area contributed by atoms with E-state index in [1.165, 1.54) is 18.4 Å². The van der Waals surface area contributed by atoms with Gasteiger partial charge in [-0.3, -0.25) is 0 Å². The van der Waals surface area contributed by atoms with Crippen molar-refractivity contribution in [2.45, 2.75) is 50.7 Å². The van der Waals surface area contributed by atoms with Gasteiger partial charge in [0.05, 0.1) is 6.10 Å². The molecule has 1 N–H and O–H groups in total. The molecule has 0 saturated heterocycles. The monoisotopic (exact) mass is 232 g/mol. The van der Waals surface area contributed by atoms with Gasteiger partial charge in [-0.1, -0.05) is 31.0 Å². The molecule has 92 valence electrons. The number of ether oxygens (including phenoxy) is 1. The second-order valence-electron chi connectivity index (χ2n) is 5.47. The van der Waals surface area contributed by atoms with Crippen molar-refractivity contribution in [2.75, 3.05) is 0 Å². The van der Waals surface area contributed by atoms with Gasteiger partial charge in [-0.05, 0) is 36.8 Å². The molecule has 1 saturated carbocycles. The lowest BCUT2D eigenvalue weighted by Crippen LogP contribution is -2.25. The molecule has 3 atom stereocenters. The number of rotatable bonds is 2. The van der Waals surface area contributed by atoms with E-state index in [1.807, 2.05) is 6.07 Å². The van der Waals surface area contributed by atoms with Gasteiger partial charge in [-0.15, -0.1) is 0 Å². The summed E-state index contributed by atoms with van der Waals surface area (Å²) < 4.78 is 5.96. The minimum Gasteiger partial charge on any atom is -0.490 e. The molecule has 3 unspecified atom stereocenters. The molecule has 1 fully saturated rings. The van der Waals surface area contributed by atoms with Crippen molar-refractivity contribution in [3.8, 4) is 5.75 Å². The molecular weight excluding hydrogens is 212 g/mol. The first-order valence-corrected chi connectivity index (χ1v) is 6.74. The highest BCUT2D eigenvalue weighted by atomic mass is 16.5. The molecule has 3 rings (SSSR count). The van der Waals surface area contributed by atoms with Gasteiger partial charge in [0.15, 0.2) is 0 Å². The topological polar surface area (TPSA) is 29.5 Å². The Balaban J connectivity index is 1.58. The second kappa shape index (κ2) is 4.69. The van der Waals surface area contributed by atoms with E-state index in [2.05, 4.69) is 18.2 Å². The standard InChI is InChI=1S/C15H20O2/c16-13-6-3-4-11(8-13)9-14-10-12-5-1-2-7-15(12)17-14/h1-2,5,7,11,13-14,16H,3-4,6,8-10H2. The lowest BCUT2D eigenvalue weighted by Gasteiger charge is -2.27. The molecule has 1 aliphatic carbocycles. The lowest BCUT2D eigenvalue weighted by atomic mass is 9.83. The van der Waals surface area contributed by atoms with Crippen LogP contribution in [0.4, 0.5) is 0 Å². The van der Waals surface area contributed by atoms with Gasteiger partial charge in [0.2, 0.25) is 0 Å². The fraction of sp³-hybridized carbons (Fsp3) is 0.600. The molecule has 2 nitrogen and oxygen atoms in total. The number of aliphatic hydroxyl groups is 1. The zero-order valence-electron chi connectivity index (χ0n) is 10.1. The molecule has 0 bridgehead atoms. The van der Waals surface area contributed by atoms with Crippen molar-refractivity contribution in [3.05, 3.63) is 29.8 Å². The normalized spacial score (nSPS) is 31.9. The fourth-order valence-electron chi connectivity index (χ4n) is 3.23. The van der Waals surface area contributed by atoms with Crippen LogP contribution < -0.4 is 4.74 Å². The minimum atomic E-state index is -0.0717. The van der Waals surface area contributed by atoms with E-state index in [0.29, 0.717) is 12.0 Å². The maximum Gasteiger partial charge on any atom is 0.123 e. The van der Waals surface area contributed by atoms with Gasteiger partial charge in [0, 0.05) is 6.42 Å². The Labute approximate surface area is 103 Å². The smallest absolute Gasteiger partial charge is 0.123 e. The quantitative estimate of drug-likeness (QED) is 0.849. The van der Waals surface area contributed by atoms with Crippen molar-refractivity contribution in [1.82, 2.24) is 0 Å². The van der Waals surface area contributed by atoms with E-state index in [-0.39, 0.29) is 6.10 Å². The molecule has 1 aromatic carbocycles. The van der Waals surface area contributed by atoms with Gasteiger partial charge >= 0.3 is 0 Å². The minimum absolute atomic E-state index is 0.0717. The molecule has 0 spiro atoms. The summed E-state index contributed by atoms with van der Waals surface area (Å²) in [6.07, 6.45) is 6.80. The summed E-state index contributed by atoms with van der Waals surface area (Å²) in [4.78, 5) is 0. The van der Waals surface area contributed by atoms with Gasteiger partial charge in [0.25, 0.3) is 0 Å². The summed E-state index contributed by atoms with van der Waals surface area (Å²) in [5.74, 6) is 1.71. The third kappa shape index (κ3) is 2.47. The van der Waals surface area contributed by atoms with Crippen LogP contribution in [0.2, 0.25) is 0 Å².